The Kier molecular flexibility index (Phi) is 4.37. The highest BCUT2D eigenvalue weighted by Crippen LogP contribution is 2.41. The number of hydrogen-bond donors (Lipinski definition) is 2. The molecule has 0 radical (unpaired) electrons. The molecule has 3 aliphatic rings. The molecular weight excluding hydrogens is 397 g/mol. The van der Waals surface area contributed by atoms with Crippen molar-refractivity contribution in [3.8, 4) is 0 Å². The summed E-state index contributed by atoms with van der Waals surface area (Å²) in [5, 5.41) is 3.76. The van der Waals surface area contributed by atoms with Crippen LogP contribution in [0, 0.1) is 5.92 Å². The van der Waals surface area contributed by atoms with Gasteiger partial charge in [-0.25, -0.2) is 4.98 Å². The van der Waals surface area contributed by atoms with E-state index in [-0.39, 0.29) is 23.9 Å². The number of rotatable bonds is 4. The number of H-pyrrole nitrogens is 1. The fraction of sp³-hybridized carbons (Fsp3) is 0.476. The number of hydrogen-bond acceptors (Lipinski definition) is 3. The highest BCUT2D eigenvalue weighted by atomic mass is 19.4. The Morgan fingerprint density at radius 1 is 1.23 bits per heavy atom. The molecule has 2 N–H and O–H groups in total. The van der Waals surface area contributed by atoms with Gasteiger partial charge in [-0.05, 0) is 55.4 Å². The Balaban J connectivity index is 1.46. The standard InChI is InChI=1S/C21H21F3N4O2/c22-21(23,24)10-18(29)28-13-3-4-14(28)8-12(7-13)16-9-17(27-20(30)11-1-2-11)26-19-15(16)5-6-25-19/h5-7,9,11,13-14H,1-4,8,10H2,(H2,25,26,27,30). The predicted molar refractivity (Wildman–Crippen MR) is 104 cm³/mol. The first-order chi connectivity index (χ1) is 14.3. The van der Waals surface area contributed by atoms with Crippen molar-refractivity contribution >= 4 is 34.2 Å². The van der Waals surface area contributed by atoms with Crippen LogP contribution < -0.4 is 5.32 Å². The molecule has 1 saturated heterocycles. The fourth-order valence-corrected chi connectivity index (χ4v) is 4.62. The van der Waals surface area contributed by atoms with Gasteiger partial charge in [0, 0.05) is 23.5 Å². The van der Waals surface area contributed by atoms with E-state index in [2.05, 4.69) is 15.3 Å². The van der Waals surface area contributed by atoms with Gasteiger partial charge in [-0.2, -0.15) is 13.2 Å². The second-order valence-corrected chi connectivity index (χ2v) is 8.35. The summed E-state index contributed by atoms with van der Waals surface area (Å²) in [6.07, 6.45) is 1.36. The predicted octanol–water partition coefficient (Wildman–Crippen LogP) is 4.01. The topological polar surface area (TPSA) is 78.1 Å². The van der Waals surface area contributed by atoms with Gasteiger partial charge in [0.1, 0.15) is 17.9 Å². The number of nitrogens with one attached hydrogen (secondary N) is 2. The van der Waals surface area contributed by atoms with Gasteiger partial charge in [0.05, 0.1) is 6.04 Å². The summed E-state index contributed by atoms with van der Waals surface area (Å²) < 4.78 is 38.2. The van der Waals surface area contributed by atoms with E-state index in [1.54, 1.807) is 6.20 Å². The van der Waals surface area contributed by atoms with Crippen LogP contribution in [0.2, 0.25) is 0 Å². The van der Waals surface area contributed by atoms with E-state index in [9.17, 15) is 22.8 Å². The first-order valence-corrected chi connectivity index (χ1v) is 10.2. The first kappa shape index (κ1) is 19.1. The molecule has 30 heavy (non-hydrogen) atoms. The zero-order valence-corrected chi connectivity index (χ0v) is 16.1. The molecule has 5 rings (SSSR count). The molecule has 2 atom stereocenters. The lowest BCUT2D eigenvalue weighted by Gasteiger charge is -2.34. The zero-order valence-electron chi connectivity index (χ0n) is 16.1. The monoisotopic (exact) mass is 418 g/mol. The van der Waals surface area contributed by atoms with Gasteiger partial charge in [0.25, 0.3) is 0 Å². The number of fused-ring (bicyclic) bond motifs is 3. The molecule has 2 bridgehead atoms. The molecule has 0 aromatic carbocycles. The molecule has 2 unspecified atom stereocenters. The second-order valence-electron chi connectivity index (χ2n) is 8.35. The summed E-state index contributed by atoms with van der Waals surface area (Å²) in [5.74, 6) is -0.390. The minimum atomic E-state index is -4.50. The van der Waals surface area contributed by atoms with E-state index >= 15 is 0 Å². The molecule has 6 nitrogen and oxygen atoms in total. The summed E-state index contributed by atoms with van der Waals surface area (Å²) in [7, 11) is 0. The number of carbonyl (C=O) groups excluding carboxylic acids is 2. The summed E-state index contributed by atoms with van der Waals surface area (Å²) in [6.45, 7) is 0. The van der Waals surface area contributed by atoms with Crippen LogP contribution in [0.4, 0.5) is 19.0 Å². The Morgan fingerprint density at radius 2 is 2.03 bits per heavy atom. The van der Waals surface area contributed by atoms with Crippen LogP contribution in [0.5, 0.6) is 0 Å². The Bertz CT molecular complexity index is 1050. The number of nitrogens with zero attached hydrogens (tertiary/aromatic N) is 2. The maximum atomic E-state index is 12.7. The highest BCUT2D eigenvalue weighted by Gasteiger charge is 2.43. The van der Waals surface area contributed by atoms with Crippen LogP contribution in [0.1, 0.15) is 44.1 Å². The average Bonchev–Trinajstić information content (AvgIpc) is 3.35. The lowest BCUT2D eigenvalue weighted by molar-refractivity contribution is -0.163. The van der Waals surface area contributed by atoms with Crippen molar-refractivity contribution in [3.05, 3.63) is 30.0 Å². The smallest absolute Gasteiger partial charge is 0.346 e. The Morgan fingerprint density at radius 3 is 2.73 bits per heavy atom. The molecule has 158 valence electrons. The number of anilines is 1. The van der Waals surface area contributed by atoms with Gasteiger partial charge in [-0.3, -0.25) is 9.59 Å². The zero-order chi connectivity index (χ0) is 21.0. The van der Waals surface area contributed by atoms with Gasteiger partial charge in [-0.1, -0.05) is 6.08 Å². The molecule has 9 heteroatoms. The highest BCUT2D eigenvalue weighted by molar-refractivity contribution is 5.97. The molecule has 2 fully saturated rings. The van der Waals surface area contributed by atoms with Crippen LogP contribution in [-0.4, -0.2) is 44.9 Å². The molecular formula is C21H21F3N4O2. The van der Waals surface area contributed by atoms with Crippen molar-refractivity contribution in [2.24, 2.45) is 5.92 Å². The maximum Gasteiger partial charge on any atom is 0.397 e. The molecule has 2 aromatic heterocycles. The van der Waals surface area contributed by atoms with E-state index in [4.69, 9.17) is 0 Å². The van der Waals surface area contributed by atoms with Gasteiger partial charge in [-0.15, -0.1) is 0 Å². The number of alkyl halides is 3. The van der Waals surface area contributed by atoms with E-state index in [0.717, 1.165) is 29.4 Å². The molecule has 2 aliphatic heterocycles. The number of carbonyl (C=O) groups is 2. The third kappa shape index (κ3) is 3.57. The minimum absolute atomic E-state index is 0.0408. The third-order valence-corrected chi connectivity index (χ3v) is 6.11. The van der Waals surface area contributed by atoms with E-state index < -0.39 is 18.5 Å². The van der Waals surface area contributed by atoms with Crippen molar-refractivity contribution in [2.75, 3.05) is 5.32 Å². The van der Waals surface area contributed by atoms with Crippen LogP contribution in [0.15, 0.2) is 24.4 Å². The third-order valence-electron chi connectivity index (χ3n) is 6.11. The van der Waals surface area contributed by atoms with Crippen LogP contribution in [-0.2, 0) is 9.59 Å². The molecule has 2 aromatic rings. The molecule has 4 heterocycles. The van der Waals surface area contributed by atoms with E-state index in [0.29, 0.717) is 30.7 Å². The molecule has 0 spiro atoms. The summed E-state index contributed by atoms with van der Waals surface area (Å²) in [5.41, 5.74) is 2.52. The first-order valence-electron chi connectivity index (χ1n) is 10.2. The number of pyridine rings is 1. The quantitative estimate of drug-likeness (QED) is 0.788. The van der Waals surface area contributed by atoms with Gasteiger partial charge in [0.2, 0.25) is 11.8 Å². The van der Waals surface area contributed by atoms with Crippen LogP contribution in [0.25, 0.3) is 16.6 Å². The van der Waals surface area contributed by atoms with Gasteiger partial charge < -0.3 is 15.2 Å². The molecule has 2 amide bonds. The Hall–Kier alpha value is -2.84. The Labute approximate surface area is 170 Å². The SMILES string of the molecule is O=C(Nc1cc(C2=CC3CCC(C2)N3C(=O)CC(F)(F)F)c2cc[nH]c2n1)C1CC1. The van der Waals surface area contributed by atoms with E-state index in [1.807, 2.05) is 18.2 Å². The largest absolute Gasteiger partial charge is 0.397 e. The number of aromatic amines is 1. The lowest BCUT2D eigenvalue weighted by Crippen LogP contribution is -2.44. The fourth-order valence-electron chi connectivity index (χ4n) is 4.62. The van der Waals surface area contributed by atoms with Crippen LogP contribution >= 0.6 is 0 Å². The maximum absolute atomic E-state index is 12.7. The van der Waals surface area contributed by atoms with Crippen LogP contribution in [0.3, 0.4) is 0 Å². The summed E-state index contributed by atoms with van der Waals surface area (Å²) in [4.78, 5) is 33.4. The summed E-state index contributed by atoms with van der Waals surface area (Å²) in [6, 6.07) is 3.15. The van der Waals surface area contributed by atoms with Crippen molar-refractivity contribution < 1.29 is 22.8 Å². The number of aromatic nitrogens is 2. The summed E-state index contributed by atoms with van der Waals surface area (Å²) >= 11 is 0. The number of halogens is 3. The van der Waals surface area contributed by atoms with Gasteiger partial charge >= 0.3 is 6.18 Å². The van der Waals surface area contributed by atoms with Gasteiger partial charge in [0.15, 0.2) is 0 Å². The second kappa shape index (κ2) is 6.85. The average molecular weight is 418 g/mol. The molecule has 1 aliphatic carbocycles. The normalized spacial score (nSPS) is 23.6. The van der Waals surface area contributed by atoms with Crippen molar-refractivity contribution in [1.29, 1.82) is 0 Å². The van der Waals surface area contributed by atoms with Crippen molar-refractivity contribution in [3.63, 3.8) is 0 Å². The van der Waals surface area contributed by atoms with Crippen molar-refractivity contribution in [1.82, 2.24) is 14.9 Å². The molecule has 1 saturated carbocycles. The lowest BCUT2D eigenvalue weighted by atomic mass is 9.93. The van der Waals surface area contributed by atoms with E-state index in [1.165, 1.54) is 4.90 Å². The number of amides is 2. The van der Waals surface area contributed by atoms with Crippen molar-refractivity contribution in [2.45, 2.75) is 56.8 Å². The minimum Gasteiger partial charge on any atom is -0.346 e.